The average molecular weight is 394 g/mol. The molecule has 136 valence electrons. The molecule has 0 amide bonds. The van der Waals surface area contributed by atoms with Crippen LogP contribution in [0, 0.1) is 0 Å². The molecular weight excluding hydrogens is 378 g/mol. The van der Waals surface area contributed by atoms with Gasteiger partial charge in [-0.3, -0.25) is 0 Å². The summed E-state index contributed by atoms with van der Waals surface area (Å²) in [6.07, 6.45) is 0. The molecule has 1 heterocycles. The number of rotatable bonds is 6. The highest BCUT2D eigenvalue weighted by Gasteiger charge is 2.23. The average Bonchev–Trinajstić information content (AvgIpc) is 3.12. The number of benzene rings is 2. The maximum Gasteiger partial charge on any atom is 0.244 e. The lowest BCUT2D eigenvalue weighted by Crippen LogP contribution is -2.27. The molecule has 0 saturated carbocycles. The molecule has 1 N–H and O–H groups in total. The molecular formula is C17H16ClN3O4S. The van der Waals surface area contributed by atoms with Crippen LogP contribution in [0.4, 0.5) is 0 Å². The Kier molecular flexibility index (Phi) is 5.26. The smallest absolute Gasteiger partial charge is 0.244 e. The molecule has 0 aliphatic carbocycles. The minimum atomic E-state index is -3.75. The van der Waals surface area contributed by atoms with Crippen LogP contribution in [0.15, 0.2) is 57.9 Å². The van der Waals surface area contributed by atoms with Gasteiger partial charge in [-0.1, -0.05) is 28.9 Å². The normalized spacial score (nSPS) is 12.7. The fraction of sp³-hybridized carbons (Fsp3) is 0.176. The lowest BCUT2D eigenvalue weighted by Gasteiger charge is -2.10. The van der Waals surface area contributed by atoms with Gasteiger partial charge in [0, 0.05) is 5.02 Å². The van der Waals surface area contributed by atoms with E-state index in [0.717, 1.165) is 0 Å². The molecule has 0 bridgehead atoms. The molecule has 0 aliphatic heterocycles. The second kappa shape index (κ2) is 7.45. The van der Waals surface area contributed by atoms with Crippen LogP contribution in [0.1, 0.15) is 18.9 Å². The van der Waals surface area contributed by atoms with Crippen LogP contribution in [0.3, 0.4) is 0 Å². The van der Waals surface area contributed by atoms with E-state index in [4.69, 9.17) is 20.9 Å². The third-order valence-corrected chi connectivity index (χ3v) is 5.42. The van der Waals surface area contributed by atoms with E-state index >= 15 is 0 Å². The first-order chi connectivity index (χ1) is 12.4. The van der Waals surface area contributed by atoms with Gasteiger partial charge in [0.15, 0.2) is 0 Å². The maximum absolute atomic E-state index is 12.4. The van der Waals surface area contributed by atoms with Crippen molar-refractivity contribution in [1.82, 2.24) is 14.9 Å². The quantitative estimate of drug-likeness (QED) is 0.689. The van der Waals surface area contributed by atoms with Crippen molar-refractivity contribution in [2.45, 2.75) is 17.9 Å². The van der Waals surface area contributed by atoms with E-state index < -0.39 is 16.1 Å². The summed E-state index contributed by atoms with van der Waals surface area (Å²) >= 11 is 5.79. The van der Waals surface area contributed by atoms with Crippen LogP contribution in [0.25, 0.3) is 11.4 Å². The Balaban J connectivity index is 1.82. The van der Waals surface area contributed by atoms with Crippen LogP contribution in [0.5, 0.6) is 5.75 Å². The molecule has 1 aromatic heterocycles. The number of hydrogen-bond acceptors (Lipinski definition) is 6. The molecule has 2 aromatic carbocycles. The highest BCUT2D eigenvalue weighted by Crippen LogP contribution is 2.28. The van der Waals surface area contributed by atoms with Crippen molar-refractivity contribution in [2.75, 3.05) is 7.11 Å². The topological polar surface area (TPSA) is 94.3 Å². The maximum atomic E-state index is 12.4. The van der Waals surface area contributed by atoms with Crippen LogP contribution >= 0.6 is 11.6 Å². The summed E-state index contributed by atoms with van der Waals surface area (Å²) in [6, 6.07) is 12.4. The summed E-state index contributed by atoms with van der Waals surface area (Å²) in [7, 11) is -2.21. The van der Waals surface area contributed by atoms with Crippen molar-refractivity contribution in [3.8, 4) is 17.1 Å². The Bertz CT molecular complexity index is 1000. The number of hydrogen-bond donors (Lipinski definition) is 1. The van der Waals surface area contributed by atoms with Crippen molar-refractivity contribution < 1.29 is 17.7 Å². The number of para-hydroxylation sites is 1. The van der Waals surface area contributed by atoms with E-state index in [9.17, 15) is 8.42 Å². The zero-order valence-corrected chi connectivity index (χ0v) is 15.6. The van der Waals surface area contributed by atoms with Crippen molar-refractivity contribution in [1.29, 1.82) is 0 Å². The molecule has 0 saturated heterocycles. The van der Waals surface area contributed by atoms with E-state index in [1.165, 1.54) is 24.3 Å². The van der Waals surface area contributed by atoms with Crippen molar-refractivity contribution in [2.24, 2.45) is 0 Å². The number of methoxy groups -OCH3 is 1. The SMILES string of the molecule is COc1ccccc1-c1noc([C@@H](C)NS(=O)(=O)c2ccc(Cl)cc2)n1. The zero-order chi connectivity index (χ0) is 18.7. The molecule has 9 heteroatoms. The van der Waals surface area contributed by atoms with Gasteiger partial charge in [-0.15, -0.1) is 0 Å². The van der Waals surface area contributed by atoms with E-state index in [1.54, 1.807) is 26.2 Å². The summed E-state index contributed by atoms with van der Waals surface area (Å²) in [4.78, 5) is 4.37. The van der Waals surface area contributed by atoms with E-state index in [-0.39, 0.29) is 10.8 Å². The molecule has 3 rings (SSSR count). The van der Waals surface area contributed by atoms with Crippen molar-refractivity contribution in [3.05, 3.63) is 59.4 Å². The van der Waals surface area contributed by atoms with Crippen LogP contribution in [-0.4, -0.2) is 25.7 Å². The first-order valence-electron chi connectivity index (χ1n) is 7.65. The molecule has 0 fully saturated rings. The monoisotopic (exact) mass is 393 g/mol. The largest absolute Gasteiger partial charge is 0.496 e. The van der Waals surface area contributed by atoms with Gasteiger partial charge < -0.3 is 9.26 Å². The first-order valence-corrected chi connectivity index (χ1v) is 9.52. The fourth-order valence-corrected chi connectivity index (χ4v) is 3.64. The van der Waals surface area contributed by atoms with Gasteiger partial charge in [-0.25, -0.2) is 8.42 Å². The fourth-order valence-electron chi connectivity index (χ4n) is 2.31. The Hall–Kier alpha value is -2.42. The van der Waals surface area contributed by atoms with Gasteiger partial charge in [0.05, 0.1) is 23.6 Å². The standard InChI is InChI=1S/C17H16ClN3O4S/c1-11(21-26(22,23)13-9-7-12(18)8-10-13)17-19-16(20-25-17)14-5-3-4-6-15(14)24-2/h3-11,21H,1-2H3/t11-/m1/s1. The third-order valence-electron chi connectivity index (χ3n) is 3.62. The lowest BCUT2D eigenvalue weighted by atomic mass is 10.2. The summed E-state index contributed by atoms with van der Waals surface area (Å²) in [5.41, 5.74) is 0.651. The Morgan fingerprint density at radius 1 is 1.15 bits per heavy atom. The minimum Gasteiger partial charge on any atom is -0.496 e. The third kappa shape index (κ3) is 3.87. The second-order valence-electron chi connectivity index (χ2n) is 5.45. The predicted molar refractivity (Wildman–Crippen MR) is 96.5 cm³/mol. The van der Waals surface area contributed by atoms with Gasteiger partial charge in [-0.2, -0.15) is 9.71 Å². The molecule has 0 unspecified atom stereocenters. The predicted octanol–water partition coefficient (Wildman–Crippen LogP) is 3.44. The number of ether oxygens (including phenoxy) is 1. The number of sulfonamides is 1. The Labute approximate surface area is 156 Å². The van der Waals surface area contributed by atoms with Crippen LogP contribution in [0.2, 0.25) is 5.02 Å². The zero-order valence-electron chi connectivity index (χ0n) is 14.0. The highest BCUT2D eigenvalue weighted by atomic mass is 35.5. The van der Waals surface area contributed by atoms with Crippen LogP contribution in [-0.2, 0) is 10.0 Å². The molecule has 0 radical (unpaired) electrons. The van der Waals surface area contributed by atoms with Gasteiger partial charge >= 0.3 is 0 Å². The Morgan fingerprint density at radius 2 is 1.85 bits per heavy atom. The van der Waals surface area contributed by atoms with Crippen molar-refractivity contribution >= 4 is 21.6 Å². The minimum absolute atomic E-state index is 0.0956. The van der Waals surface area contributed by atoms with E-state index in [2.05, 4.69) is 14.9 Å². The Morgan fingerprint density at radius 3 is 2.54 bits per heavy atom. The summed E-state index contributed by atoms with van der Waals surface area (Å²) in [6.45, 7) is 1.62. The van der Waals surface area contributed by atoms with Gasteiger partial charge in [0.2, 0.25) is 21.7 Å². The highest BCUT2D eigenvalue weighted by molar-refractivity contribution is 7.89. The molecule has 0 spiro atoms. The second-order valence-corrected chi connectivity index (χ2v) is 7.60. The van der Waals surface area contributed by atoms with Gasteiger partial charge in [0.25, 0.3) is 0 Å². The lowest BCUT2D eigenvalue weighted by molar-refractivity contribution is 0.353. The number of nitrogens with one attached hydrogen (secondary N) is 1. The van der Waals surface area contributed by atoms with Crippen LogP contribution < -0.4 is 9.46 Å². The summed E-state index contributed by atoms with van der Waals surface area (Å²) < 4.78 is 37.9. The van der Waals surface area contributed by atoms with E-state index in [1.807, 2.05) is 12.1 Å². The first kappa shape index (κ1) is 18.4. The summed E-state index contributed by atoms with van der Waals surface area (Å²) in [5, 5.41) is 4.37. The number of aromatic nitrogens is 2. The molecule has 7 nitrogen and oxygen atoms in total. The van der Waals surface area contributed by atoms with Gasteiger partial charge in [-0.05, 0) is 43.3 Å². The summed E-state index contributed by atoms with van der Waals surface area (Å²) in [5.74, 6) is 1.05. The number of halogens is 1. The molecule has 3 aromatic rings. The molecule has 1 atom stereocenters. The molecule has 0 aliphatic rings. The molecule has 26 heavy (non-hydrogen) atoms. The number of nitrogens with zero attached hydrogens (tertiary/aromatic N) is 2. The van der Waals surface area contributed by atoms with Crippen molar-refractivity contribution in [3.63, 3.8) is 0 Å². The van der Waals surface area contributed by atoms with Gasteiger partial charge in [0.1, 0.15) is 5.75 Å². The van der Waals surface area contributed by atoms with E-state index in [0.29, 0.717) is 22.2 Å².